The van der Waals surface area contributed by atoms with Gasteiger partial charge < -0.3 is 15.4 Å². The van der Waals surface area contributed by atoms with Crippen molar-refractivity contribution in [1.82, 2.24) is 10.3 Å². The van der Waals surface area contributed by atoms with E-state index in [-0.39, 0.29) is 29.0 Å². The molecule has 1 heterocycles. The number of carbonyl (C=O) groups excluding carboxylic acids is 2. The van der Waals surface area contributed by atoms with Crippen LogP contribution in [-0.2, 0) is 16.0 Å². The van der Waals surface area contributed by atoms with Crippen molar-refractivity contribution < 1.29 is 18.7 Å². The van der Waals surface area contributed by atoms with E-state index in [9.17, 15) is 14.0 Å². The van der Waals surface area contributed by atoms with Gasteiger partial charge in [0.15, 0.2) is 6.61 Å². The third kappa shape index (κ3) is 4.88. The van der Waals surface area contributed by atoms with Gasteiger partial charge in [0.25, 0.3) is 5.91 Å². The van der Waals surface area contributed by atoms with E-state index in [0.717, 1.165) is 24.8 Å². The van der Waals surface area contributed by atoms with Crippen molar-refractivity contribution in [2.75, 3.05) is 11.9 Å². The summed E-state index contributed by atoms with van der Waals surface area (Å²) in [7, 11) is 0. The zero-order valence-corrected chi connectivity index (χ0v) is 16.8. The third-order valence-corrected chi connectivity index (χ3v) is 5.19. The summed E-state index contributed by atoms with van der Waals surface area (Å²) in [6, 6.07) is 17.1. The summed E-state index contributed by atoms with van der Waals surface area (Å²) in [4.78, 5) is 29.1. The number of fused-ring (bicyclic) bond motifs is 1. The number of para-hydroxylation sites is 1. The molecule has 0 radical (unpaired) electrons. The Hall–Kier alpha value is -3.74. The number of pyridine rings is 1. The molecule has 0 saturated carbocycles. The zero-order chi connectivity index (χ0) is 21.6. The monoisotopic (exact) mass is 419 g/mol. The second-order valence-electron chi connectivity index (χ2n) is 7.29. The molecule has 0 spiro atoms. The first-order valence-electron chi connectivity index (χ1n) is 10.1. The number of halogens is 1. The summed E-state index contributed by atoms with van der Waals surface area (Å²) >= 11 is 0. The number of amides is 1. The molecule has 31 heavy (non-hydrogen) atoms. The average molecular weight is 419 g/mol. The van der Waals surface area contributed by atoms with Gasteiger partial charge in [-0.3, -0.25) is 4.79 Å². The Balaban J connectivity index is 1.38. The second-order valence-corrected chi connectivity index (χ2v) is 7.29. The van der Waals surface area contributed by atoms with E-state index in [0.29, 0.717) is 0 Å². The molecule has 1 unspecified atom stereocenters. The van der Waals surface area contributed by atoms with Gasteiger partial charge in [-0.05, 0) is 54.7 Å². The topological polar surface area (TPSA) is 80.3 Å². The number of carbonyl (C=O) groups is 2. The number of hydrogen-bond acceptors (Lipinski definition) is 5. The average Bonchev–Trinajstić information content (AvgIpc) is 2.80. The quantitative estimate of drug-likeness (QED) is 0.582. The number of benzene rings is 2. The number of nitrogens with zero attached hydrogens (tertiary/aromatic N) is 1. The molecule has 2 N–H and O–H groups in total. The maximum Gasteiger partial charge on any atom is 0.342 e. The van der Waals surface area contributed by atoms with Gasteiger partial charge in [0, 0.05) is 6.20 Å². The SMILES string of the molecule is O=C(COC(=O)c1cccnc1Nc1ccccc1F)NC1CCCc2ccccc21. The lowest BCUT2D eigenvalue weighted by Crippen LogP contribution is -2.34. The number of hydrogen-bond donors (Lipinski definition) is 2. The van der Waals surface area contributed by atoms with Gasteiger partial charge in [-0.2, -0.15) is 0 Å². The van der Waals surface area contributed by atoms with E-state index in [1.807, 2.05) is 18.2 Å². The maximum absolute atomic E-state index is 13.9. The first kappa shape index (κ1) is 20.5. The van der Waals surface area contributed by atoms with Crippen LogP contribution < -0.4 is 10.6 Å². The highest BCUT2D eigenvalue weighted by Crippen LogP contribution is 2.29. The van der Waals surface area contributed by atoms with E-state index >= 15 is 0 Å². The van der Waals surface area contributed by atoms with Gasteiger partial charge in [-0.1, -0.05) is 36.4 Å². The molecule has 1 amide bonds. The Bertz CT molecular complexity index is 1100. The number of aryl methyl sites for hydroxylation is 1. The highest BCUT2D eigenvalue weighted by atomic mass is 19.1. The Morgan fingerprint density at radius 1 is 1.06 bits per heavy atom. The Morgan fingerprint density at radius 2 is 1.87 bits per heavy atom. The lowest BCUT2D eigenvalue weighted by Gasteiger charge is -2.26. The van der Waals surface area contributed by atoms with Crippen molar-refractivity contribution in [1.29, 1.82) is 0 Å². The van der Waals surface area contributed by atoms with Crippen LogP contribution in [0.3, 0.4) is 0 Å². The summed E-state index contributed by atoms with van der Waals surface area (Å²) in [6.07, 6.45) is 4.31. The molecule has 1 aliphatic rings. The molecule has 1 atom stereocenters. The highest BCUT2D eigenvalue weighted by molar-refractivity contribution is 5.96. The molecule has 0 saturated heterocycles. The molecule has 2 aromatic carbocycles. The Kier molecular flexibility index (Phi) is 6.21. The molecular weight excluding hydrogens is 397 g/mol. The summed E-state index contributed by atoms with van der Waals surface area (Å²) in [6.45, 7) is -0.411. The van der Waals surface area contributed by atoms with Gasteiger partial charge in [0.1, 0.15) is 17.2 Å². The number of rotatable bonds is 6. The summed E-state index contributed by atoms with van der Waals surface area (Å²) in [5.74, 6) is -1.41. The summed E-state index contributed by atoms with van der Waals surface area (Å²) < 4.78 is 19.1. The standard InChI is InChI=1S/C24H22FN3O3/c25-19-11-3-4-12-21(19)28-23-18(10-6-14-26-23)24(30)31-15-22(29)27-20-13-5-8-16-7-1-2-9-17(16)20/h1-4,6-7,9-12,14,20H,5,8,13,15H2,(H,26,28)(H,27,29). The van der Waals surface area contributed by atoms with Crippen LogP contribution in [0.5, 0.6) is 0 Å². The van der Waals surface area contributed by atoms with E-state index < -0.39 is 18.4 Å². The van der Waals surface area contributed by atoms with Crippen LogP contribution in [0.1, 0.15) is 40.4 Å². The first-order valence-corrected chi connectivity index (χ1v) is 10.1. The predicted octanol–water partition coefficient (Wildman–Crippen LogP) is 4.31. The Morgan fingerprint density at radius 3 is 2.74 bits per heavy atom. The summed E-state index contributed by atoms with van der Waals surface area (Å²) in [5, 5.41) is 5.75. The molecule has 0 bridgehead atoms. The number of ether oxygens (including phenoxy) is 1. The fourth-order valence-corrected chi connectivity index (χ4v) is 3.71. The van der Waals surface area contributed by atoms with Crippen LogP contribution in [0.2, 0.25) is 0 Å². The molecule has 1 aromatic heterocycles. The smallest absolute Gasteiger partial charge is 0.342 e. The Labute approximate surface area is 179 Å². The third-order valence-electron chi connectivity index (χ3n) is 5.19. The zero-order valence-electron chi connectivity index (χ0n) is 16.8. The lowest BCUT2D eigenvalue weighted by atomic mass is 9.88. The first-order chi connectivity index (χ1) is 15.1. The van der Waals surface area contributed by atoms with Crippen LogP contribution >= 0.6 is 0 Å². The minimum atomic E-state index is -0.717. The number of aromatic nitrogens is 1. The van der Waals surface area contributed by atoms with Crippen molar-refractivity contribution in [2.24, 2.45) is 0 Å². The molecule has 6 nitrogen and oxygen atoms in total. The van der Waals surface area contributed by atoms with Crippen molar-refractivity contribution in [3.8, 4) is 0 Å². The van der Waals surface area contributed by atoms with Crippen molar-refractivity contribution >= 4 is 23.4 Å². The molecule has 7 heteroatoms. The van der Waals surface area contributed by atoms with Crippen LogP contribution in [0.4, 0.5) is 15.9 Å². The molecule has 4 rings (SSSR count). The van der Waals surface area contributed by atoms with Gasteiger partial charge in [0.05, 0.1) is 11.7 Å². The van der Waals surface area contributed by atoms with E-state index in [4.69, 9.17) is 4.74 Å². The van der Waals surface area contributed by atoms with Crippen LogP contribution in [0.25, 0.3) is 0 Å². The molecular formula is C24H22FN3O3. The minimum absolute atomic E-state index is 0.0900. The fraction of sp³-hybridized carbons (Fsp3) is 0.208. The molecule has 0 aliphatic heterocycles. The van der Waals surface area contributed by atoms with Gasteiger partial charge in [-0.15, -0.1) is 0 Å². The van der Waals surface area contributed by atoms with E-state index in [1.165, 1.54) is 30.0 Å². The second kappa shape index (κ2) is 9.38. The minimum Gasteiger partial charge on any atom is -0.452 e. The normalized spacial score (nSPS) is 14.9. The van der Waals surface area contributed by atoms with Crippen LogP contribution in [0.15, 0.2) is 66.9 Å². The van der Waals surface area contributed by atoms with Crippen LogP contribution in [0, 0.1) is 5.82 Å². The highest BCUT2D eigenvalue weighted by Gasteiger charge is 2.22. The summed E-state index contributed by atoms with van der Waals surface area (Å²) in [5.41, 5.74) is 2.64. The molecule has 3 aromatic rings. The molecule has 1 aliphatic carbocycles. The van der Waals surface area contributed by atoms with Crippen molar-refractivity contribution in [2.45, 2.75) is 25.3 Å². The fourth-order valence-electron chi connectivity index (χ4n) is 3.71. The molecule has 0 fully saturated rings. The number of anilines is 2. The van der Waals surface area contributed by atoms with Crippen molar-refractivity contribution in [3.63, 3.8) is 0 Å². The van der Waals surface area contributed by atoms with Gasteiger partial charge in [0.2, 0.25) is 0 Å². The maximum atomic E-state index is 13.9. The van der Waals surface area contributed by atoms with Crippen LogP contribution in [-0.4, -0.2) is 23.5 Å². The van der Waals surface area contributed by atoms with Crippen molar-refractivity contribution in [3.05, 3.63) is 89.4 Å². The van der Waals surface area contributed by atoms with E-state index in [2.05, 4.69) is 21.7 Å². The largest absolute Gasteiger partial charge is 0.452 e. The van der Waals surface area contributed by atoms with E-state index in [1.54, 1.807) is 18.2 Å². The van der Waals surface area contributed by atoms with Gasteiger partial charge >= 0.3 is 5.97 Å². The number of esters is 1. The molecule has 158 valence electrons. The van der Waals surface area contributed by atoms with Gasteiger partial charge in [-0.25, -0.2) is 14.2 Å². The predicted molar refractivity (Wildman–Crippen MR) is 114 cm³/mol. The lowest BCUT2D eigenvalue weighted by molar-refractivity contribution is -0.125. The number of nitrogens with one attached hydrogen (secondary N) is 2.